The predicted octanol–water partition coefficient (Wildman–Crippen LogP) is 2.32. The summed E-state index contributed by atoms with van der Waals surface area (Å²) < 4.78 is 14.0. The molecule has 0 spiro atoms. The van der Waals surface area contributed by atoms with Gasteiger partial charge >= 0.3 is 11.9 Å². The number of hydrogen-bond acceptors (Lipinski definition) is 7. The Morgan fingerprint density at radius 1 is 1.17 bits per heavy atom. The third kappa shape index (κ3) is 6.83. The summed E-state index contributed by atoms with van der Waals surface area (Å²) in [5.41, 5.74) is 1.55. The summed E-state index contributed by atoms with van der Waals surface area (Å²) in [6.07, 6.45) is 5.16. The number of hydrogen-bond donors (Lipinski definition) is 2. The van der Waals surface area contributed by atoms with Crippen molar-refractivity contribution in [3.05, 3.63) is 24.4 Å². The van der Waals surface area contributed by atoms with Crippen LogP contribution in [0.2, 0.25) is 0 Å². The quantitative estimate of drug-likeness (QED) is 0.607. The van der Waals surface area contributed by atoms with E-state index < -0.39 is 11.9 Å². The molecule has 0 aromatic carbocycles. The van der Waals surface area contributed by atoms with Gasteiger partial charge in [-0.05, 0) is 18.6 Å². The van der Waals surface area contributed by atoms with Gasteiger partial charge in [0.05, 0.1) is 24.0 Å². The summed E-state index contributed by atoms with van der Waals surface area (Å²) in [5, 5.41) is 14.8. The fourth-order valence-corrected chi connectivity index (χ4v) is 1.96. The maximum atomic E-state index is 9.10. The van der Waals surface area contributed by atoms with Gasteiger partial charge in [-0.25, -0.2) is 9.59 Å². The molecule has 2 aromatic rings. The topological polar surface area (TPSA) is 123 Å². The van der Waals surface area contributed by atoms with Gasteiger partial charge in [0.1, 0.15) is 0 Å². The van der Waals surface area contributed by atoms with E-state index >= 15 is 0 Å². The Morgan fingerprint density at radius 3 is 2.48 bits per heavy atom. The van der Waals surface area contributed by atoms with Crippen molar-refractivity contribution in [3.8, 4) is 17.3 Å². The van der Waals surface area contributed by atoms with E-state index in [2.05, 4.69) is 20.7 Å². The summed E-state index contributed by atoms with van der Waals surface area (Å²) in [4.78, 5) is 22.4. The number of nitrogens with zero attached hydrogens (tertiary/aromatic N) is 3. The highest BCUT2D eigenvalue weighted by molar-refractivity contribution is 6.99. The molecule has 0 fully saturated rings. The molecule has 124 valence electrons. The first kappa shape index (κ1) is 18.5. The fraction of sp³-hybridized carbons (Fsp3) is 0.357. The molecule has 0 aliphatic rings. The molecule has 0 atom stereocenters. The largest absolute Gasteiger partial charge is 0.475 e. The summed E-state index contributed by atoms with van der Waals surface area (Å²) >= 11 is 1.16. The van der Waals surface area contributed by atoms with Crippen molar-refractivity contribution in [2.75, 3.05) is 6.61 Å². The summed E-state index contributed by atoms with van der Waals surface area (Å²) in [6.45, 7) is 2.86. The minimum Gasteiger partial charge on any atom is -0.475 e. The van der Waals surface area contributed by atoms with Crippen LogP contribution < -0.4 is 4.74 Å². The van der Waals surface area contributed by atoms with Gasteiger partial charge in [-0.1, -0.05) is 25.8 Å². The lowest BCUT2D eigenvalue weighted by molar-refractivity contribution is -0.159. The van der Waals surface area contributed by atoms with Crippen LogP contribution in [-0.4, -0.2) is 42.5 Å². The summed E-state index contributed by atoms with van der Waals surface area (Å²) in [5.74, 6) is -3.05. The number of carbonyl (C=O) groups is 2. The number of carboxylic acids is 2. The Bertz CT molecular complexity index is 606. The normalized spacial score (nSPS) is 9.61. The predicted molar refractivity (Wildman–Crippen MR) is 83.4 cm³/mol. The van der Waals surface area contributed by atoms with Crippen LogP contribution >= 0.6 is 11.7 Å². The lowest BCUT2D eigenvalue weighted by atomic mass is 10.2. The highest BCUT2D eigenvalue weighted by Crippen LogP contribution is 2.25. The number of unbranched alkanes of at least 4 members (excludes halogenated alkanes) is 2. The van der Waals surface area contributed by atoms with Crippen molar-refractivity contribution in [2.24, 2.45) is 0 Å². The van der Waals surface area contributed by atoms with Gasteiger partial charge in [0.15, 0.2) is 5.69 Å². The first-order valence-electron chi connectivity index (χ1n) is 6.89. The highest BCUT2D eigenvalue weighted by Gasteiger charge is 2.12. The van der Waals surface area contributed by atoms with Gasteiger partial charge in [0, 0.05) is 6.20 Å². The third-order valence-corrected chi connectivity index (χ3v) is 3.05. The molecule has 0 saturated carbocycles. The second kappa shape index (κ2) is 10.2. The van der Waals surface area contributed by atoms with Crippen LogP contribution in [-0.2, 0) is 9.59 Å². The molecule has 0 radical (unpaired) electrons. The van der Waals surface area contributed by atoms with E-state index in [9.17, 15) is 0 Å². The van der Waals surface area contributed by atoms with Crippen LogP contribution in [0.3, 0.4) is 0 Å². The maximum absolute atomic E-state index is 9.10. The number of ether oxygens (including phenoxy) is 1. The number of rotatable bonds is 6. The smallest absolute Gasteiger partial charge is 0.414 e. The first-order chi connectivity index (χ1) is 11.1. The van der Waals surface area contributed by atoms with E-state index in [1.807, 2.05) is 18.2 Å². The first-order valence-corrected chi connectivity index (χ1v) is 7.62. The average Bonchev–Trinajstić information content (AvgIpc) is 3.01. The van der Waals surface area contributed by atoms with Gasteiger partial charge in [-0.15, -0.1) is 4.37 Å². The van der Waals surface area contributed by atoms with E-state index in [1.165, 1.54) is 12.8 Å². The van der Waals surface area contributed by atoms with Gasteiger partial charge < -0.3 is 14.9 Å². The molecule has 0 aliphatic carbocycles. The third-order valence-electron chi connectivity index (χ3n) is 2.54. The fourth-order valence-electron chi connectivity index (χ4n) is 1.46. The monoisotopic (exact) mass is 339 g/mol. The average molecular weight is 339 g/mol. The molecule has 0 bridgehead atoms. The molecular weight excluding hydrogens is 322 g/mol. The molecule has 23 heavy (non-hydrogen) atoms. The zero-order valence-electron chi connectivity index (χ0n) is 12.5. The lowest BCUT2D eigenvalue weighted by Crippen LogP contribution is -2.09. The van der Waals surface area contributed by atoms with Crippen LogP contribution in [0.4, 0.5) is 0 Å². The molecule has 2 aromatic heterocycles. The van der Waals surface area contributed by atoms with Crippen molar-refractivity contribution in [1.82, 2.24) is 13.7 Å². The Labute approximate surface area is 137 Å². The van der Waals surface area contributed by atoms with Gasteiger partial charge in [-0.3, -0.25) is 4.98 Å². The maximum Gasteiger partial charge on any atom is 0.414 e. The van der Waals surface area contributed by atoms with E-state index in [0.717, 1.165) is 29.5 Å². The minimum absolute atomic E-state index is 0.602. The molecule has 8 nitrogen and oxygen atoms in total. The van der Waals surface area contributed by atoms with Crippen molar-refractivity contribution < 1.29 is 24.5 Å². The van der Waals surface area contributed by atoms with Crippen LogP contribution in [0, 0.1) is 0 Å². The summed E-state index contributed by atoms with van der Waals surface area (Å²) in [7, 11) is 0. The van der Waals surface area contributed by atoms with Gasteiger partial charge in [0.2, 0.25) is 0 Å². The lowest BCUT2D eigenvalue weighted by Gasteiger charge is -2.03. The number of carboxylic acid groups (broad SMARTS) is 2. The van der Waals surface area contributed by atoms with Crippen molar-refractivity contribution in [1.29, 1.82) is 0 Å². The number of pyridine rings is 1. The second-order valence-corrected chi connectivity index (χ2v) is 4.83. The summed E-state index contributed by atoms with van der Waals surface area (Å²) in [6, 6.07) is 5.73. The van der Waals surface area contributed by atoms with Crippen molar-refractivity contribution >= 4 is 23.7 Å². The Hall–Kier alpha value is -2.55. The van der Waals surface area contributed by atoms with Crippen LogP contribution in [0.1, 0.15) is 26.2 Å². The molecule has 2 heterocycles. The Morgan fingerprint density at radius 2 is 1.91 bits per heavy atom. The standard InChI is InChI=1S/C12H15N3OS.C2H2O4/c1-2-3-6-9-16-12-11(14-17-15-12)10-7-4-5-8-13-10;3-1(4)2(5)6/h4-5,7-8H,2-3,6,9H2,1H3;(H,3,4)(H,5,6). The molecule has 9 heteroatoms. The van der Waals surface area contributed by atoms with E-state index in [4.69, 9.17) is 24.5 Å². The number of aromatic nitrogens is 3. The molecule has 2 N–H and O–H groups in total. The highest BCUT2D eigenvalue weighted by atomic mass is 32.1. The van der Waals surface area contributed by atoms with E-state index in [-0.39, 0.29) is 0 Å². The molecule has 0 amide bonds. The van der Waals surface area contributed by atoms with Crippen LogP contribution in [0.15, 0.2) is 24.4 Å². The van der Waals surface area contributed by atoms with Crippen molar-refractivity contribution in [3.63, 3.8) is 0 Å². The SMILES string of the molecule is CCCCCOc1nsnc1-c1ccccn1.O=C(O)C(=O)O. The van der Waals surface area contributed by atoms with Crippen LogP contribution in [0.25, 0.3) is 11.4 Å². The van der Waals surface area contributed by atoms with Crippen LogP contribution in [0.5, 0.6) is 5.88 Å². The minimum atomic E-state index is -1.82. The molecule has 0 unspecified atom stereocenters. The zero-order chi connectivity index (χ0) is 17.1. The van der Waals surface area contributed by atoms with E-state index in [1.54, 1.807) is 6.20 Å². The molecule has 2 rings (SSSR count). The zero-order valence-corrected chi connectivity index (χ0v) is 13.3. The molecular formula is C14H17N3O5S. The Kier molecular flexibility index (Phi) is 8.22. The van der Waals surface area contributed by atoms with Crippen molar-refractivity contribution in [2.45, 2.75) is 26.2 Å². The van der Waals surface area contributed by atoms with Gasteiger partial charge in [0.25, 0.3) is 5.88 Å². The molecule has 0 saturated heterocycles. The second-order valence-electron chi connectivity index (χ2n) is 4.30. The molecule has 0 aliphatic heterocycles. The Balaban J connectivity index is 0.000000379. The van der Waals surface area contributed by atoms with E-state index in [0.29, 0.717) is 12.5 Å². The van der Waals surface area contributed by atoms with Gasteiger partial charge in [-0.2, -0.15) is 4.37 Å². The number of aliphatic carboxylic acids is 2.